The summed E-state index contributed by atoms with van der Waals surface area (Å²) in [6.07, 6.45) is -8.67. The van der Waals surface area contributed by atoms with Crippen LogP contribution in [0.5, 0.6) is 0 Å². The van der Waals surface area contributed by atoms with Crippen molar-refractivity contribution in [1.29, 1.82) is 0 Å². The number of nitrogens with one attached hydrogen (secondary N) is 1. The summed E-state index contributed by atoms with van der Waals surface area (Å²) in [5.74, 6) is 0. The molecule has 2 aromatic rings. The van der Waals surface area contributed by atoms with E-state index in [2.05, 4.69) is 16.3 Å². The lowest BCUT2D eigenvalue weighted by Gasteiger charge is -2.42. The Morgan fingerprint density at radius 3 is 2.16 bits per heavy atom. The van der Waals surface area contributed by atoms with Gasteiger partial charge in [0.2, 0.25) is 0 Å². The minimum Gasteiger partial charge on any atom is -0.372 e. The molecule has 2 aromatic carbocycles. The molecule has 0 aromatic heterocycles. The number of piperazine rings is 1. The van der Waals surface area contributed by atoms with E-state index in [1.807, 2.05) is 18.2 Å². The second kappa shape index (κ2) is 9.03. The molecule has 0 unspecified atom stereocenters. The molecule has 0 radical (unpaired) electrons. The summed E-state index contributed by atoms with van der Waals surface area (Å²) in [7, 11) is 0. The Kier molecular flexibility index (Phi) is 6.51. The van der Waals surface area contributed by atoms with Gasteiger partial charge in [-0.1, -0.05) is 24.3 Å². The minimum atomic E-state index is -4.87. The van der Waals surface area contributed by atoms with Gasteiger partial charge in [0.05, 0.1) is 29.9 Å². The van der Waals surface area contributed by atoms with Crippen LogP contribution in [0.1, 0.15) is 40.3 Å². The summed E-state index contributed by atoms with van der Waals surface area (Å²) in [5.41, 5.74) is -0.456. The highest BCUT2D eigenvalue weighted by Crippen LogP contribution is 2.39. The third-order valence-electron chi connectivity index (χ3n) is 6.08. The number of hydrogen-bond acceptors (Lipinski definition) is 3. The van der Waals surface area contributed by atoms with Crippen LogP contribution in [0.15, 0.2) is 42.5 Å². The number of benzene rings is 2. The number of fused-ring (bicyclic) bond motifs is 1. The zero-order valence-corrected chi connectivity index (χ0v) is 17.3. The van der Waals surface area contributed by atoms with E-state index in [9.17, 15) is 26.3 Å². The molecule has 1 aliphatic heterocycles. The van der Waals surface area contributed by atoms with E-state index in [0.29, 0.717) is 6.42 Å². The summed E-state index contributed by atoms with van der Waals surface area (Å²) < 4.78 is 85.1. The van der Waals surface area contributed by atoms with Crippen LogP contribution < -0.4 is 5.32 Å². The van der Waals surface area contributed by atoms with Gasteiger partial charge in [0.1, 0.15) is 0 Å². The molecule has 32 heavy (non-hydrogen) atoms. The maximum atomic E-state index is 13.2. The van der Waals surface area contributed by atoms with Gasteiger partial charge in [-0.2, -0.15) is 26.3 Å². The highest BCUT2D eigenvalue weighted by molar-refractivity contribution is 5.35. The fourth-order valence-corrected chi connectivity index (χ4v) is 4.58. The van der Waals surface area contributed by atoms with Crippen LogP contribution in [0.25, 0.3) is 0 Å². The summed E-state index contributed by atoms with van der Waals surface area (Å²) in [6, 6.07) is 9.54. The number of ether oxygens (including phenoxy) is 1. The van der Waals surface area contributed by atoms with Gasteiger partial charge in [-0.05, 0) is 47.7 Å². The third kappa shape index (κ3) is 5.10. The average Bonchev–Trinajstić information content (AvgIpc) is 2.76. The van der Waals surface area contributed by atoms with Gasteiger partial charge in [-0.25, -0.2) is 0 Å². The first-order chi connectivity index (χ1) is 15.1. The molecule has 0 spiro atoms. The van der Waals surface area contributed by atoms with Crippen molar-refractivity contribution >= 4 is 0 Å². The smallest absolute Gasteiger partial charge is 0.372 e. The van der Waals surface area contributed by atoms with E-state index >= 15 is 0 Å². The van der Waals surface area contributed by atoms with Crippen molar-refractivity contribution in [1.82, 2.24) is 10.2 Å². The molecule has 0 amide bonds. The Labute approximate surface area is 182 Å². The number of nitrogens with zero attached hydrogens (tertiary/aromatic N) is 1. The van der Waals surface area contributed by atoms with E-state index in [4.69, 9.17) is 4.74 Å². The zero-order chi connectivity index (χ0) is 22.9. The monoisotopic (exact) mass is 458 g/mol. The number of halogens is 6. The van der Waals surface area contributed by atoms with E-state index in [1.165, 1.54) is 5.56 Å². The van der Waals surface area contributed by atoms with E-state index < -0.39 is 23.5 Å². The molecule has 1 N–H and O–H groups in total. The second-order valence-corrected chi connectivity index (χ2v) is 8.23. The largest absolute Gasteiger partial charge is 0.416 e. The molecular weight excluding hydrogens is 434 g/mol. The van der Waals surface area contributed by atoms with Crippen molar-refractivity contribution < 1.29 is 31.1 Å². The standard InChI is InChI=1S/C23H24F6N2O/c24-22(25,26)17-11-15(12-18(13-17)23(27,28)29)14-32-20-6-5-16-3-1-2-4-19(16)21(20)31-9-7-30-8-10-31/h1-4,11-13,20-21,30H,5-10,14H2/t20-,21-/m1/s1. The van der Waals surface area contributed by atoms with Crippen molar-refractivity contribution in [2.45, 2.75) is 43.9 Å². The molecule has 2 aliphatic rings. The zero-order valence-electron chi connectivity index (χ0n) is 17.3. The van der Waals surface area contributed by atoms with Crippen LogP contribution in [0, 0.1) is 0 Å². The van der Waals surface area contributed by atoms with E-state index in [-0.39, 0.29) is 30.4 Å². The Bertz CT molecular complexity index is 905. The van der Waals surface area contributed by atoms with Crippen LogP contribution in [0.3, 0.4) is 0 Å². The summed E-state index contributed by atoms with van der Waals surface area (Å²) >= 11 is 0. The van der Waals surface area contributed by atoms with Crippen molar-refractivity contribution in [3.8, 4) is 0 Å². The molecule has 1 heterocycles. The molecule has 3 nitrogen and oxygen atoms in total. The number of alkyl halides is 6. The third-order valence-corrected chi connectivity index (χ3v) is 6.08. The van der Waals surface area contributed by atoms with E-state index in [0.717, 1.165) is 50.3 Å². The Morgan fingerprint density at radius 2 is 1.53 bits per heavy atom. The molecule has 9 heteroatoms. The van der Waals surface area contributed by atoms with Gasteiger partial charge >= 0.3 is 12.4 Å². The van der Waals surface area contributed by atoms with Crippen LogP contribution in [-0.2, 0) is 30.1 Å². The van der Waals surface area contributed by atoms with Crippen LogP contribution in [-0.4, -0.2) is 37.2 Å². The summed E-state index contributed by atoms with van der Waals surface area (Å²) in [6.45, 7) is 2.89. The fourth-order valence-electron chi connectivity index (χ4n) is 4.58. The van der Waals surface area contributed by atoms with Gasteiger partial charge in [-0.3, -0.25) is 4.90 Å². The van der Waals surface area contributed by atoms with Gasteiger partial charge in [0.25, 0.3) is 0 Å². The van der Waals surface area contributed by atoms with E-state index in [1.54, 1.807) is 0 Å². The predicted molar refractivity (Wildman–Crippen MR) is 107 cm³/mol. The van der Waals surface area contributed by atoms with Crippen molar-refractivity contribution in [3.63, 3.8) is 0 Å². The normalized spacial score (nSPS) is 22.6. The summed E-state index contributed by atoms with van der Waals surface area (Å²) in [5, 5.41) is 3.30. The minimum absolute atomic E-state index is 0.0880. The van der Waals surface area contributed by atoms with Crippen molar-refractivity contribution in [2.24, 2.45) is 0 Å². The topological polar surface area (TPSA) is 24.5 Å². The van der Waals surface area contributed by atoms with Gasteiger partial charge in [0.15, 0.2) is 0 Å². The van der Waals surface area contributed by atoms with Gasteiger partial charge < -0.3 is 10.1 Å². The number of rotatable bonds is 4. The molecule has 4 rings (SSSR count). The average molecular weight is 458 g/mol. The lowest BCUT2D eigenvalue weighted by molar-refractivity contribution is -0.143. The maximum Gasteiger partial charge on any atom is 0.416 e. The maximum absolute atomic E-state index is 13.2. The Balaban J connectivity index is 1.59. The molecule has 174 valence electrons. The Morgan fingerprint density at radius 1 is 0.906 bits per heavy atom. The quantitative estimate of drug-likeness (QED) is 0.638. The Hall–Kier alpha value is -2.10. The lowest BCUT2D eigenvalue weighted by Crippen LogP contribution is -2.49. The van der Waals surface area contributed by atoms with Crippen molar-refractivity contribution in [3.05, 3.63) is 70.3 Å². The lowest BCUT2D eigenvalue weighted by atomic mass is 9.84. The highest BCUT2D eigenvalue weighted by Gasteiger charge is 2.38. The highest BCUT2D eigenvalue weighted by atomic mass is 19.4. The molecule has 1 saturated heterocycles. The van der Waals surface area contributed by atoms with Gasteiger partial charge in [0, 0.05) is 26.2 Å². The number of hydrogen-bond donors (Lipinski definition) is 1. The van der Waals surface area contributed by atoms with Crippen LogP contribution >= 0.6 is 0 Å². The molecule has 1 fully saturated rings. The SMILES string of the molecule is FC(F)(F)c1cc(CO[C@@H]2CCc3ccccc3[C@H]2N2CCNCC2)cc(C(F)(F)F)c1. The van der Waals surface area contributed by atoms with Crippen molar-refractivity contribution in [2.75, 3.05) is 26.2 Å². The fraction of sp³-hybridized carbons (Fsp3) is 0.478. The first-order valence-corrected chi connectivity index (χ1v) is 10.6. The van der Waals surface area contributed by atoms with Crippen LogP contribution in [0.4, 0.5) is 26.3 Å². The molecule has 0 bridgehead atoms. The summed E-state index contributed by atoms with van der Waals surface area (Å²) in [4.78, 5) is 2.28. The predicted octanol–water partition coefficient (Wildman–Crippen LogP) is 5.20. The number of aryl methyl sites for hydroxylation is 1. The second-order valence-electron chi connectivity index (χ2n) is 8.23. The molecular formula is C23H24F6N2O. The molecule has 1 aliphatic carbocycles. The molecule has 0 saturated carbocycles. The first kappa shape index (κ1) is 23.1. The van der Waals surface area contributed by atoms with Gasteiger partial charge in [-0.15, -0.1) is 0 Å². The first-order valence-electron chi connectivity index (χ1n) is 10.6. The molecule has 2 atom stereocenters. The van der Waals surface area contributed by atoms with Crippen LogP contribution in [0.2, 0.25) is 0 Å².